The van der Waals surface area contributed by atoms with Crippen molar-refractivity contribution in [2.45, 2.75) is 45.2 Å². The fourth-order valence-corrected chi connectivity index (χ4v) is 0.964. The highest BCUT2D eigenvalue weighted by molar-refractivity contribution is 4.98. The number of nitrogens with two attached hydrogens (primary N) is 1. The zero-order valence-electron chi connectivity index (χ0n) is 7.85. The molecule has 0 aromatic carbocycles. The molecule has 0 spiro atoms. The van der Waals surface area contributed by atoms with Crippen LogP contribution >= 0.6 is 0 Å². The lowest BCUT2D eigenvalue weighted by atomic mass is 10.1. The predicted octanol–water partition coefficient (Wildman–Crippen LogP) is 1.11. The first-order valence-electron chi connectivity index (χ1n) is 4.54. The topological polar surface area (TPSA) is 38.0 Å². The number of rotatable bonds is 4. The molecule has 0 radical (unpaired) electrons. The quantitative estimate of drug-likeness (QED) is 0.640. The van der Waals surface area contributed by atoms with Crippen molar-refractivity contribution < 1.29 is 0 Å². The molecule has 3 N–H and O–H groups in total. The fraction of sp³-hybridized carbons (Fsp3) is 1.00. The van der Waals surface area contributed by atoms with E-state index >= 15 is 0 Å². The highest BCUT2D eigenvalue weighted by Gasteiger charge is 2.36. The number of hydrogen-bond donors (Lipinski definition) is 2. The first-order valence-corrected chi connectivity index (χ1v) is 4.54. The zero-order valence-corrected chi connectivity index (χ0v) is 7.85. The number of hydrogen-bond acceptors (Lipinski definition) is 2. The van der Waals surface area contributed by atoms with Gasteiger partial charge >= 0.3 is 0 Å². The maximum absolute atomic E-state index is 5.89. The van der Waals surface area contributed by atoms with Crippen LogP contribution in [0.3, 0.4) is 0 Å². The third-order valence-electron chi connectivity index (χ3n) is 2.62. The molecule has 1 aliphatic rings. The summed E-state index contributed by atoms with van der Waals surface area (Å²) < 4.78 is 0. The molecule has 1 aliphatic carbocycles. The minimum Gasteiger partial charge on any atom is -0.326 e. The molecule has 0 heterocycles. The minimum absolute atomic E-state index is 0.312. The summed E-state index contributed by atoms with van der Waals surface area (Å²) in [6, 6.07) is 0.312. The first kappa shape index (κ1) is 9.01. The van der Waals surface area contributed by atoms with Gasteiger partial charge in [0.2, 0.25) is 0 Å². The predicted molar refractivity (Wildman–Crippen MR) is 48.5 cm³/mol. The van der Waals surface area contributed by atoms with E-state index in [1.165, 1.54) is 12.8 Å². The van der Waals surface area contributed by atoms with Crippen molar-refractivity contribution in [2.75, 3.05) is 6.54 Å². The molecule has 11 heavy (non-hydrogen) atoms. The number of nitrogens with one attached hydrogen (secondary N) is 1. The Morgan fingerprint density at radius 3 is 2.36 bits per heavy atom. The van der Waals surface area contributed by atoms with Gasteiger partial charge in [-0.3, -0.25) is 0 Å². The summed E-state index contributed by atoms with van der Waals surface area (Å²) in [6.07, 6.45) is 2.63. The fourth-order valence-electron chi connectivity index (χ4n) is 0.964. The zero-order chi connectivity index (χ0) is 8.48. The Kier molecular flexibility index (Phi) is 2.55. The third-order valence-corrected chi connectivity index (χ3v) is 2.62. The van der Waals surface area contributed by atoms with Crippen molar-refractivity contribution in [3.8, 4) is 0 Å². The van der Waals surface area contributed by atoms with E-state index in [4.69, 9.17) is 5.73 Å². The van der Waals surface area contributed by atoms with Gasteiger partial charge in [-0.05, 0) is 25.7 Å². The van der Waals surface area contributed by atoms with E-state index in [0.717, 1.165) is 6.54 Å². The lowest BCUT2D eigenvalue weighted by molar-refractivity contribution is 0.422. The van der Waals surface area contributed by atoms with Crippen LogP contribution in [0.15, 0.2) is 0 Å². The van der Waals surface area contributed by atoms with E-state index in [0.29, 0.717) is 17.5 Å². The summed E-state index contributed by atoms with van der Waals surface area (Å²) in [5.74, 6) is 0.588. The Bertz CT molecular complexity index is 128. The molecular formula is C9H20N2. The monoisotopic (exact) mass is 156 g/mol. The first-order chi connectivity index (χ1) is 5.03. The Morgan fingerprint density at radius 2 is 2.00 bits per heavy atom. The SMILES string of the molecule is CC(C)C(N)CNC1(C)CC1. The van der Waals surface area contributed by atoms with E-state index in [2.05, 4.69) is 26.1 Å². The van der Waals surface area contributed by atoms with Crippen molar-refractivity contribution >= 4 is 0 Å². The molecule has 0 aromatic rings. The van der Waals surface area contributed by atoms with Crippen LogP contribution in [0.5, 0.6) is 0 Å². The second-order valence-corrected chi connectivity index (χ2v) is 4.35. The van der Waals surface area contributed by atoms with Crippen LogP contribution in [0.2, 0.25) is 0 Å². The van der Waals surface area contributed by atoms with Crippen molar-refractivity contribution in [2.24, 2.45) is 11.7 Å². The standard InChI is InChI=1S/C9H20N2/c1-7(2)8(10)6-11-9(3)4-5-9/h7-8,11H,4-6,10H2,1-3H3. The van der Waals surface area contributed by atoms with E-state index < -0.39 is 0 Å². The Labute approximate surface area is 69.5 Å². The van der Waals surface area contributed by atoms with Crippen LogP contribution in [0.4, 0.5) is 0 Å². The average molecular weight is 156 g/mol. The maximum Gasteiger partial charge on any atom is 0.0188 e. The second-order valence-electron chi connectivity index (χ2n) is 4.35. The summed E-state index contributed by atoms with van der Waals surface area (Å²) in [6.45, 7) is 7.57. The molecule has 1 rings (SSSR count). The summed E-state index contributed by atoms with van der Waals surface area (Å²) >= 11 is 0. The van der Waals surface area contributed by atoms with Gasteiger partial charge in [0, 0.05) is 18.1 Å². The average Bonchev–Trinajstić information content (AvgIpc) is 2.64. The van der Waals surface area contributed by atoms with Gasteiger partial charge in [-0.1, -0.05) is 13.8 Å². The molecule has 1 atom stereocenters. The van der Waals surface area contributed by atoms with Gasteiger partial charge in [0.1, 0.15) is 0 Å². The van der Waals surface area contributed by atoms with Gasteiger partial charge < -0.3 is 11.1 Å². The largest absolute Gasteiger partial charge is 0.326 e. The molecule has 0 bridgehead atoms. The summed E-state index contributed by atoms with van der Waals surface area (Å²) in [5.41, 5.74) is 6.33. The highest BCUT2D eigenvalue weighted by Crippen LogP contribution is 2.34. The molecule has 0 saturated heterocycles. The van der Waals surface area contributed by atoms with Crippen LogP contribution in [-0.2, 0) is 0 Å². The molecule has 0 amide bonds. The summed E-state index contributed by atoms with van der Waals surface area (Å²) in [4.78, 5) is 0. The second kappa shape index (κ2) is 3.11. The van der Waals surface area contributed by atoms with Crippen LogP contribution < -0.4 is 11.1 Å². The lowest BCUT2D eigenvalue weighted by Crippen LogP contribution is -2.42. The molecule has 1 unspecified atom stereocenters. The van der Waals surface area contributed by atoms with Crippen molar-refractivity contribution in [1.82, 2.24) is 5.32 Å². The van der Waals surface area contributed by atoms with Crippen molar-refractivity contribution in [3.05, 3.63) is 0 Å². The van der Waals surface area contributed by atoms with Crippen molar-refractivity contribution in [3.63, 3.8) is 0 Å². The smallest absolute Gasteiger partial charge is 0.0188 e. The summed E-state index contributed by atoms with van der Waals surface area (Å²) in [5, 5.41) is 3.49. The van der Waals surface area contributed by atoms with Gasteiger partial charge in [-0.15, -0.1) is 0 Å². The van der Waals surface area contributed by atoms with Crippen molar-refractivity contribution in [1.29, 1.82) is 0 Å². The lowest BCUT2D eigenvalue weighted by Gasteiger charge is -2.19. The van der Waals surface area contributed by atoms with E-state index in [9.17, 15) is 0 Å². The van der Waals surface area contributed by atoms with E-state index in [1.807, 2.05) is 0 Å². The normalized spacial score (nSPS) is 23.7. The Morgan fingerprint density at radius 1 is 1.45 bits per heavy atom. The minimum atomic E-state index is 0.312. The van der Waals surface area contributed by atoms with Gasteiger partial charge in [0.05, 0.1) is 0 Å². The maximum atomic E-state index is 5.89. The van der Waals surface area contributed by atoms with Gasteiger partial charge in [0.15, 0.2) is 0 Å². The molecule has 0 aromatic heterocycles. The Balaban J connectivity index is 2.11. The van der Waals surface area contributed by atoms with E-state index in [-0.39, 0.29) is 0 Å². The Hall–Kier alpha value is -0.0800. The van der Waals surface area contributed by atoms with Crippen LogP contribution in [0.25, 0.3) is 0 Å². The molecule has 2 heteroatoms. The molecular weight excluding hydrogens is 136 g/mol. The van der Waals surface area contributed by atoms with Crippen LogP contribution in [0.1, 0.15) is 33.6 Å². The van der Waals surface area contributed by atoms with E-state index in [1.54, 1.807) is 0 Å². The molecule has 0 aliphatic heterocycles. The van der Waals surface area contributed by atoms with Crippen LogP contribution in [0, 0.1) is 5.92 Å². The molecule has 1 fully saturated rings. The molecule has 1 saturated carbocycles. The molecule has 2 nitrogen and oxygen atoms in total. The van der Waals surface area contributed by atoms with Gasteiger partial charge in [-0.25, -0.2) is 0 Å². The summed E-state index contributed by atoms with van der Waals surface area (Å²) in [7, 11) is 0. The van der Waals surface area contributed by atoms with Gasteiger partial charge in [-0.2, -0.15) is 0 Å². The van der Waals surface area contributed by atoms with Crippen LogP contribution in [-0.4, -0.2) is 18.1 Å². The highest BCUT2D eigenvalue weighted by atomic mass is 15.0. The van der Waals surface area contributed by atoms with Gasteiger partial charge in [0.25, 0.3) is 0 Å². The third kappa shape index (κ3) is 2.80. The molecule has 66 valence electrons.